The van der Waals surface area contributed by atoms with E-state index < -0.39 is 17.8 Å². The maximum absolute atomic E-state index is 13.7. The van der Waals surface area contributed by atoms with Crippen LogP contribution in [0, 0.1) is 0 Å². The molecule has 0 unspecified atom stereocenters. The number of aromatic nitrogens is 3. The molecule has 30 heavy (non-hydrogen) atoms. The highest BCUT2D eigenvalue weighted by atomic mass is 19.4. The minimum absolute atomic E-state index is 0.115. The van der Waals surface area contributed by atoms with Crippen molar-refractivity contribution in [1.82, 2.24) is 20.1 Å². The number of rotatable bonds is 4. The Balaban J connectivity index is 1.64. The van der Waals surface area contributed by atoms with Gasteiger partial charge in [0.05, 0.1) is 22.7 Å². The van der Waals surface area contributed by atoms with Crippen molar-refractivity contribution < 1.29 is 22.7 Å². The first-order valence-corrected chi connectivity index (χ1v) is 9.53. The first-order valence-electron chi connectivity index (χ1n) is 9.53. The zero-order valence-electron chi connectivity index (χ0n) is 15.9. The van der Waals surface area contributed by atoms with E-state index in [0.717, 1.165) is 18.9 Å². The van der Waals surface area contributed by atoms with E-state index in [0.29, 0.717) is 18.7 Å². The number of halogens is 3. The van der Waals surface area contributed by atoms with Crippen LogP contribution in [0.3, 0.4) is 0 Å². The number of likely N-dealkylation sites (tertiary alicyclic amines) is 1. The summed E-state index contributed by atoms with van der Waals surface area (Å²) >= 11 is 0. The van der Waals surface area contributed by atoms with Gasteiger partial charge in [0.15, 0.2) is 12.3 Å². The number of nitrogens with one attached hydrogen (secondary N) is 1. The number of nitrogen functional groups attached to an aromatic ring is 1. The highest BCUT2D eigenvalue weighted by molar-refractivity contribution is 5.90. The standard InChI is InChI=1S/C20H20F3N5O2/c21-20(22,23)13-10-14(25-19-17(13)18(24)26-27-19)15-8-4-5-9-28(15)16(29)11-30-12-6-2-1-3-7-12/h1-3,6-7,10,15H,4-5,8-9,11H2,(H3,24,25,26,27)/t15-/m1/s1. The number of nitrogens with two attached hydrogens (primary N) is 1. The van der Waals surface area contributed by atoms with Gasteiger partial charge in [0, 0.05) is 6.54 Å². The zero-order valence-corrected chi connectivity index (χ0v) is 15.9. The minimum Gasteiger partial charge on any atom is -0.484 e. The monoisotopic (exact) mass is 419 g/mol. The molecule has 3 aromatic rings. The molecule has 3 N–H and O–H groups in total. The van der Waals surface area contributed by atoms with Crippen LogP contribution >= 0.6 is 0 Å². The molecule has 7 nitrogen and oxygen atoms in total. The smallest absolute Gasteiger partial charge is 0.417 e. The number of H-pyrrole nitrogens is 1. The Morgan fingerprint density at radius 2 is 2.03 bits per heavy atom. The van der Waals surface area contributed by atoms with Gasteiger partial charge in [-0.3, -0.25) is 9.89 Å². The van der Waals surface area contributed by atoms with Crippen molar-refractivity contribution >= 4 is 22.8 Å². The number of carbonyl (C=O) groups excluding carboxylic acids is 1. The summed E-state index contributed by atoms with van der Waals surface area (Å²) in [5, 5.41) is 5.90. The summed E-state index contributed by atoms with van der Waals surface area (Å²) in [6.45, 7) is 0.218. The van der Waals surface area contributed by atoms with Crippen molar-refractivity contribution in [3.8, 4) is 5.75 Å². The number of ether oxygens (including phenoxy) is 1. The molecule has 1 amide bonds. The summed E-state index contributed by atoms with van der Waals surface area (Å²) in [6.07, 6.45) is -2.59. The van der Waals surface area contributed by atoms with Crippen LogP contribution in [-0.4, -0.2) is 39.1 Å². The maximum atomic E-state index is 13.7. The number of fused-ring (bicyclic) bond motifs is 1. The summed E-state index contributed by atoms with van der Waals surface area (Å²) in [7, 11) is 0. The highest BCUT2D eigenvalue weighted by Gasteiger charge is 2.37. The number of nitrogens with zero attached hydrogens (tertiary/aromatic N) is 3. The van der Waals surface area contributed by atoms with E-state index in [1.54, 1.807) is 24.3 Å². The molecule has 0 bridgehead atoms. The highest BCUT2D eigenvalue weighted by Crippen LogP contribution is 2.39. The van der Waals surface area contributed by atoms with Gasteiger partial charge in [-0.05, 0) is 37.5 Å². The number of benzene rings is 1. The second-order valence-corrected chi connectivity index (χ2v) is 7.13. The lowest BCUT2D eigenvalue weighted by atomic mass is 9.97. The summed E-state index contributed by atoms with van der Waals surface area (Å²) in [6, 6.07) is 9.25. The predicted octanol–water partition coefficient (Wildman–Crippen LogP) is 3.69. The van der Waals surface area contributed by atoms with Gasteiger partial charge < -0.3 is 15.4 Å². The number of hydrogen-bond donors (Lipinski definition) is 2. The second kappa shape index (κ2) is 7.85. The van der Waals surface area contributed by atoms with Crippen molar-refractivity contribution in [2.75, 3.05) is 18.9 Å². The van der Waals surface area contributed by atoms with Crippen molar-refractivity contribution in [2.24, 2.45) is 0 Å². The molecule has 1 fully saturated rings. The normalized spacial score (nSPS) is 17.3. The quantitative estimate of drug-likeness (QED) is 0.672. The Morgan fingerprint density at radius 1 is 1.27 bits per heavy atom. The zero-order chi connectivity index (χ0) is 21.3. The van der Waals surface area contributed by atoms with Crippen molar-refractivity contribution in [1.29, 1.82) is 0 Å². The van der Waals surface area contributed by atoms with E-state index in [9.17, 15) is 18.0 Å². The molecule has 1 saturated heterocycles. The van der Waals surface area contributed by atoms with Crippen molar-refractivity contribution in [3.05, 3.63) is 47.7 Å². The Bertz CT molecular complexity index is 1050. The van der Waals surface area contributed by atoms with Gasteiger partial charge >= 0.3 is 6.18 Å². The van der Waals surface area contributed by atoms with Gasteiger partial charge in [-0.25, -0.2) is 4.98 Å². The molecular formula is C20H20F3N5O2. The van der Waals surface area contributed by atoms with Crippen LogP contribution in [0.15, 0.2) is 36.4 Å². The van der Waals surface area contributed by atoms with E-state index in [4.69, 9.17) is 10.5 Å². The molecule has 1 atom stereocenters. The summed E-state index contributed by atoms with van der Waals surface area (Å²) in [4.78, 5) is 18.6. The molecule has 4 rings (SSSR count). The minimum atomic E-state index is -4.63. The molecule has 3 heterocycles. The molecule has 0 saturated carbocycles. The van der Waals surface area contributed by atoms with E-state index >= 15 is 0 Å². The Kier molecular flexibility index (Phi) is 5.23. The largest absolute Gasteiger partial charge is 0.484 e. The molecule has 1 aliphatic heterocycles. The molecule has 0 spiro atoms. The molecule has 158 valence electrons. The van der Waals surface area contributed by atoms with Crippen LogP contribution in [0.1, 0.15) is 36.6 Å². The number of hydrogen-bond acceptors (Lipinski definition) is 5. The topological polar surface area (TPSA) is 97.1 Å². The third-order valence-electron chi connectivity index (χ3n) is 5.15. The first kappa shape index (κ1) is 20.0. The van der Waals surface area contributed by atoms with Gasteiger partial charge in [0.2, 0.25) is 0 Å². The van der Waals surface area contributed by atoms with Gasteiger partial charge in [-0.15, -0.1) is 0 Å². The second-order valence-electron chi connectivity index (χ2n) is 7.13. The third kappa shape index (κ3) is 3.89. The van der Waals surface area contributed by atoms with Crippen molar-refractivity contribution in [3.63, 3.8) is 0 Å². The molecule has 0 radical (unpaired) electrons. The SMILES string of the molecule is Nc1[nH]nc2nc([C@H]3CCCCN3C(=O)COc3ccccc3)cc(C(F)(F)F)c12. The van der Waals surface area contributed by atoms with E-state index in [2.05, 4.69) is 15.2 Å². The number of para-hydroxylation sites is 1. The predicted molar refractivity (Wildman–Crippen MR) is 104 cm³/mol. The Morgan fingerprint density at radius 3 is 2.77 bits per heavy atom. The number of piperidine rings is 1. The third-order valence-corrected chi connectivity index (χ3v) is 5.15. The van der Waals surface area contributed by atoms with Gasteiger partial charge in [-0.1, -0.05) is 18.2 Å². The van der Waals surface area contributed by atoms with E-state index in [1.807, 2.05) is 6.07 Å². The Hall–Kier alpha value is -3.30. The van der Waals surface area contributed by atoms with Crippen LogP contribution in [-0.2, 0) is 11.0 Å². The molecule has 1 aromatic carbocycles. The molecule has 1 aliphatic rings. The fourth-order valence-corrected chi connectivity index (χ4v) is 3.74. The van der Waals surface area contributed by atoms with E-state index in [1.165, 1.54) is 4.90 Å². The number of pyridine rings is 1. The fourth-order valence-electron chi connectivity index (χ4n) is 3.74. The molecule has 0 aliphatic carbocycles. The van der Waals surface area contributed by atoms with Crippen LogP contribution in [0.25, 0.3) is 11.0 Å². The summed E-state index contributed by atoms with van der Waals surface area (Å²) in [5.41, 5.74) is 4.76. The molecular weight excluding hydrogens is 399 g/mol. The number of carbonyl (C=O) groups is 1. The summed E-state index contributed by atoms with van der Waals surface area (Å²) in [5.74, 6) is 0.0510. The molecule has 10 heteroatoms. The van der Waals surface area contributed by atoms with E-state index in [-0.39, 0.29) is 35.1 Å². The number of amides is 1. The molecule has 2 aromatic heterocycles. The van der Waals surface area contributed by atoms with Crippen LogP contribution in [0.2, 0.25) is 0 Å². The average Bonchev–Trinajstić information content (AvgIpc) is 3.12. The lowest BCUT2D eigenvalue weighted by Gasteiger charge is -2.35. The maximum Gasteiger partial charge on any atom is 0.417 e. The Labute approximate surface area is 170 Å². The average molecular weight is 419 g/mol. The van der Waals surface area contributed by atoms with Gasteiger partial charge in [-0.2, -0.15) is 18.3 Å². The van der Waals surface area contributed by atoms with Gasteiger partial charge in [0.1, 0.15) is 11.6 Å². The first-order chi connectivity index (χ1) is 14.3. The van der Waals surface area contributed by atoms with Crippen LogP contribution < -0.4 is 10.5 Å². The number of anilines is 1. The lowest BCUT2D eigenvalue weighted by Crippen LogP contribution is -2.41. The number of alkyl halides is 3. The van der Waals surface area contributed by atoms with Crippen LogP contribution in [0.4, 0.5) is 19.0 Å². The van der Waals surface area contributed by atoms with Gasteiger partial charge in [0.25, 0.3) is 5.91 Å². The lowest BCUT2D eigenvalue weighted by molar-refractivity contribution is -0.137. The summed E-state index contributed by atoms with van der Waals surface area (Å²) < 4.78 is 46.5. The number of aromatic amines is 1. The van der Waals surface area contributed by atoms with Crippen LogP contribution in [0.5, 0.6) is 5.75 Å². The fraction of sp³-hybridized carbons (Fsp3) is 0.350. The van der Waals surface area contributed by atoms with Crippen molar-refractivity contribution in [2.45, 2.75) is 31.5 Å².